The van der Waals surface area contributed by atoms with Crippen molar-refractivity contribution in [2.75, 3.05) is 16.9 Å². The Bertz CT molecular complexity index is 2300. The zero-order valence-corrected chi connectivity index (χ0v) is 31.3. The Labute approximate surface area is 322 Å². The lowest BCUT2D eigenvalue weighted by molar-refractivity contribution is -0.131. The highest BCUT2D eigenvalue weighted by Gasteiger charge is 2.67. The average molecular weight is 845 g/mol. The predicted molar refractivity (Wildman–Crippen MR) is 202 cm³/mol. The number of fused-ring (bicyclic) bond motifs is 4. The summed E-state index contributed by atoms with van der Waals surface area (Å²) in [7, 11) is 1.42. The van der Waals surface area contributed by atoms with Crippen LogP contribution in [0, 0.1) is 38.5 Å². The molecule has 53 heavy (non-hydrogen) atoms. The van der Waals surface area contributed by atoms with E-state index in [4.69, 9.17) is 16.3 Å². The summed E-state index contributed by atoms with van der Waals surface area (Å²) < 4.78 is 20.2. The lowest BCUT2D eigenvalue weighted by atomic mass is 9.51. The molecule has 12 heteroatoms. The second-order valence-electron chi connectivity index (χ2n) is 14.1. The van der Waals surface area contributed by atoms with E-state index >= 15 is 0 Å². The Morgan fingerprint density at radius 2 is 1.57 bits per heavy atom. The number of ketones is 1. The fraction of sp³-hybridized carbons (Fsp3) is 0.244. The molecule has 4 aromatic rings. The highest BCUT2D eigenvalue weighted by Crippen LogP contribution is 2.64. The van der Waals surface area contributed by atoms with E-state index in [0.29, 0.717) is 25.9 Å². The van der Waals surface area contributed by atoms with Gasteiger partial charge in [-0.15, -0.1) is 0 Å². The van der Waals surface area contributed by atoms with Crippen LogP contribution in [-0.4, -0.2) is 41.6 Å². The number of hydrogen-bond acceptors (Lipinski definition) is 7. The molecule has 1 N–H and O–H groups in total. The molecular weight excluding hydrogens is 814 g/mol. The topological polar surface area (TPSA) is 121 Å². The first-order chi connectivity index (χ1) is 25.4. The van der Waals surface area contributed by atoms with Gasteiger partial charge in [0.05, 0.1) is 50.2 Å². The van der Waals surface area contributed by atoms with E-state index in [0.717, 1.165) is 16.5 Å². The molecule has 9 nitrogen and oxygen atoms in total. The number of imide groups is 2. The summed E-state index contributed by atoms with van der Waals surface area (Å²) in [6, 6.07) is 22.2. The second kappa shape index (κ2) is 12.9. The van der Waals surface area contributed by atoms with Gasteiger partial charge in [-0.05, 0) is 108 Å². The number of ether oxygens (including phenoxy) is 1. The Balaban J connectivity index is 1.20. The van der Waals surface area contributed by atoms with Gasteiger partial charge in [0.15, 0.2) is 17.3 Å². The zero-order valence-electron chi connectivity index (χ0n) is 28.4. The molecule has 4 aromatic carbocycles. The number of hydrogen-bond donors (Lipinski definition) is 1. The van der Waals surface area contributed by atoms with Gasteiger partial charge in [0, 0.05) is 17.0 Å². The van der Waals surface area contributed by atoms with Crippen molar-refractivity contribution in [3.05, 3.63) is 128 Å². The van der Waals surface area contributed by atoms with Crippen molar-refractivity contribution in [1.82, 2.24) is 0 Å². The van der Waals surface area contributed by atoms with Gasteiger partial charge < -0.3 is 9.84 Å². The quantitative estimate of drug-likeness (QED) is 0.0926. The van der Waals surface area contributed by atoms with Crippen LogP contribution >= 0.6 is 34.2 Å². The van der Waals surface area contributed by atoms with Crippen molar-refractivity contribution in [3.8, 4) is 11.5 Å². The number of amides is 4. The molecule has 4 aliphatic rings. The van der Waals surface area contributed by atoms with E-state index in [1.54, 1.807) is 67.6 Å². The number of benzene rings is 4. The minimum Gasteiger partial charge on any atom is -0.504 e. The molecule has 8 rings (SSSR count). The standard InChI is InChI=1S/C41H31ClFIN2O7/c1-41-28(38(50)46(40(41)52)24-12-15-30(43)29(42)18-24)19-27-25(34(41)22-16-31(44)36(48)32(17-22)53-2)13-14-26-33(27)39(51)45(37(26)49)23-10-8-21(9-11-23)35(47)20-6-4-3-5-7-20/h3-13,15-18,26-28,33-34,48H,14,19H2,1-2H3/t26-,27+,28-,33-,34-,41+/m0/s1. The zero-order chi connectivity index (χ0) is 37.5. The number of rotatable bonds is 6. The predicted octanol–water partition coefficient (Wildman–Crippen LogP) is 7.46. The molecule has 2 aliphatic heterocycles. The number of carbonyl (C=O) groups is 5. The highest BCUT2D eigenvalue weighted by molar-refractivity contribution is 14.1. The van der Waals surface area contributed by atoms with E-state index in [9.17, 15) is 33.5 Å². The summed E-state index contributed by atoms with van der Waals surface area (Å²) in [6.07, 6.45) is 2.26. The third-order valence-corrected chi connectivity index (χ3v) is 12.6. The molecule has 0 aromatic heterocycles. The molecule has 2 heterocycles. The fourth-order valence-electron chi connectivity index (χ4n) is 8.95. The van der Waals surface area contributed by atoms with Crippen LogP contribution in [0.1, 0.15) is 47.2 Å². The Kier molecular flexibility index (Phi) is 8.56. The van der Waals surface area contributed by atoms with E-state index in [2.05, 4.69) is 0 Å². The normalized spacial score (nSPS) is 26.3. The van der Waals surface area contributed by atoms with Gasteiger partial charge in [-0.3, -0.25) is 28.9 Å². The summed E-state index contributed by atoms with van der Waals surface area (Å²) in [5.74, 6) is -6.42. The monoisotopic (exact) mass is 844 g/mol. The second-order valence-corrected chi connectivity index (χ2v) is 15.6. The molecular formula is C41H31ClFIN2O7. The highest BCUT2D eigenvalue weighted by atomic mass is 127. The Morgan fingerprint density at radius 3 is 2.25 bits per heavy atom. The Hall–Kier alpha value is -4.88. The number of phenols is 1. The van der Waals surface area contributed by atoms with Gasteiger partial charge in [-0.1, -0.05) is 53.6 Å². The van der Waals surface area contributed by atoms with Gasteiger partial charge in [0.2, 0.25) is 23.6 Å². The first-order valence-electron chi connectivity index (χ1n) is 17.0. The van der Waals surface area contributed by atoms with E-state index in [1.807, 2.05) is 34.7 Å². The first kappa shape index (κ1) is 35.2. The molecule has 6 atom stereocenters. The van der Waals surface area contributed by atoms with E-state index in [1.165, 1.54) is 24.1 Å². The summed E-state index contributed by atoms with van der Waals surface area (Å²) >= 11 is 8.09. The molecule has 2 saturated heterocycles. The number of halogens is 3. The van der Waals surface area contributed by atoms with Crippen LogP contribution < -0.4 is 14.5 Å². The molecule has 0 radical (unpaired) electrons. The van der Waals surface area contributed by atoms with Crippen LogP contribution in [0.2, 0.25) is 5.02 Å². The summed E-state index contributed by atoms with van der Waals surface area (Å²) in [5.41, 5.74) is 1.36. The van der Waals surface area contributed by atoms with Gasteiger partial charge in [-0.2, -0.15) is 0 Å². The molecule has 0 spiro atoms. The lowest BCUT2D eigenvalue weighted by Crippen LogP contribution is -2.48. The maximum absolute atomic E-state index is 14.7. The molecule has 0 bridgehead atoms. The summed E-state index contributed by atoms with van der Waals surface area (Å²) in [5, 5.41) is 10.5. The van der Waals surface area contributed by atoms with Gasteiger partial charge in [0.1, 0.15) is 5.82 Å². The van der Waals surface area contributed by atoms with Gasteiger partial charge in [0.25, 0.3) is 0 Å². The minimum absolute atomic E-state index is 0.0799. The van der Waals surface area contributed by atoms with Crippen LogP contribution in [0.5, 0.6) is 11.5 Å². The van der Waals surface area contributed by atoms with Crippen LogP contribution in [0.15, 0.2) is 96.6 Å². The van der Waals surface area contributed by atoms with Crippen LogP contribution in [0.4, 0.5) is 15.8 Å². The van der Waals surface area contributed by atoms with Crippen LogP contribution in [0.25, 0.3) is 0 Å². The average Bonchev–Trinajstić information content (AvgIpc) is 3.53. The molecule has 0 unspecified atom stereocenters. The molecule has 268 valence electrons. The van der Waals surface area contributed by atoms with Crippen molar-refractivity contribution < 1.29 is 38.2 Å². The SMILES string of the molecule is COc1cc([C@H]2C3=CC[C@@H]4C(=O)N(c5ccc(C(=O)c6ccccc6)cc5)C(=O)[C@@H]4[C@@H]3C[C@H]3C(=O)N(c4ccc(F)c(Cl)c4)C(=O)[C@@]23C)cc(I)c1O. The van der Waals surface area contributed by atoms with Crippen LogP contribution in [-0.2, 0) is 19.2 Å². The number of aromatic hydroxyl groups is 1. The Morgan fingerprint density at radius 1 is 0.887 bits per heavy atom. The molecule has 1 saturated carbocycles. The van der Waals surface area contributed by atoms with Gasteiger partial charge >= 0.3 is 0 Å². The van der Waals surface area contributed by atoms with Crippen LogP contribution in [0.3, 0.4) is 0 Å². The summed E-state index contributed by atoms with van der Waals surface area (Å²) in [6.45, 7) is 1.73. The number of phenolic OH excluding ortho intramolecular Hbond substituents is 1. The summed E-state index contributed by atoms with van der Waals surface area (Å²) in [4.78, 5) is 73.0. The first-order valence-corrected chi connectivity index (χ1v) is 18.5. The van der Waals surface area contributed by atoms with Crippen molar-refractivity contribution >= 4 is 75.0 Å². The van der Waals surface area contributed by atoms with Gasteiger partial charge in [-0.25, -0.2) is 9.29 Å². The molecule has 3 fully saturated rings. The van der Waals surface area contributed by atoms with Crippen molar-refractivity contribution in [2.24, 2.45) is 29.1 Å². The van der Waals surface area contributed by atoms with Crippen molar-refractivity contribution in [1.29, 1.82) is 0 Å². The molecule has 2 aliphatic carbocycles. The maximum Gasteiger partial charge on any atom is 0.241 e. The van der Waals surface area contributed by atoms with E-state index < -0.39 is 58.5 Å². The number of anilines is 2. The maximum atomic E-state index is 14.7. The minimum atomic E-state index is -1.37. The van der Waals surface area contributed by atoms with Crippen molar-refractivity contribution in [3.63, 3.8) is 0 Å². The molecule has 4 amide bonds. The third kappa shape index (κ3) is 5.25. The number of allylic oxidation sites excluding steroid dienone is 2. The van der Waals surface area contributed by atoms with E-state index in [-0.39, 0.29) is 46.7 Å². The largest absolute Gasteiger partial charge is 0.504 e. The lowest BCUT2D eigenvalue weighted by Gasteiger charge is -2.49. The van der Waals surface area contributed by atoms with Crippen molar-refractivity contribution in [2.45, 2.75) is 25.7 Å². The number of methoxy groups -OCH3 is 1. The smallest absolute Gasteiger partial charge is 0.241 e. The fourth-order valence-corrected chi connectivity index (χ4v) is 9.75. The number of nitrogens with zero attached hydrogens (tertiary/aromatic N) is 2. The number of carbonyl (C=O) groups excluding carboxylic acids is 5. The third-order valence-electron chi connectivity index (χ3n) is 11.5.